The number of benzene rings is 1. The molecule has 1 aromatic rings. The highest BCUT2D eigenvalue weighted by atomic mass is 19.1. The molecule has 0 saturated heterocycles. The third-order valence-corrected chi connectivity index (χ3v) is 6.72. The van der Waals surface area contributed by atoms with Crippen molar-refractivity contribution in [2.24, 2.45) is 17.8 Å². The van der Waals surface area contributed by atoms with Gasteiger partial charge in [0.25, 0.3) is 0 Å². The van der Waals surface area contributed by atoms with Gasteiger partial charge < -0.3 is 0 Å². The number of halogens is 2. The molecule has 0 radical (unpaired) electrons. The maximum absolute atomic E-state index is 13.9. The van der Waals surface area contributed by atoms with Crippen LogP contribution >= 0.6 is 0 Å². The van der Waals surface area contributed by atoms with Gasteiger partial charge in [-0.1, -0.05) is 32.6 Å². The van der Waals surface area contributed by atoms with Gasteiger partial charge in [0.2, 0.25) is 0 Å². The zero-order valence-corrected chi connectivity index (χ0v) is 15.3. The van der Waals surface area contributed by atoms with Crippen molar-refractivity contribution < 1.29 is 13.6 Å². The Bertz CT molecular complexity index is 559. The number of hydrogen-bond donors (Lipinski definition) is 0. The van der Waals surface area contributed by atoms with E-state index in [1.54, 1.807) is 0 Å². The quantitative estimate of drug-likeness (QED) is 0.544. The van der Waals surface area contributed by atoms with Crippen molar-refractivity contribution in [3.8, 4) is 0 Å². The molecule has 0 unspecified atom stereocenters. The van der Waals surface area contributed by atoms with Crippen molar-refractivity contribution in [3.63, 3.8) is 0 Å². The van der Waals surface area contributed by atoms with Gasteiger partial charge in [-0.3, -0.25) is 4.79 Å². The highest BCUT2D eigenvalue weighted by molar-refractivity contribution is 5.75. The summed E-state index contributed by atoms with van der Waals surface area (Å²) in [5, 5.41) is 0. The van der Waals surface area contributed by atoms with E-state index in [1.807, 2.05) is 0 Å². The average Bonchev–Trinajstić information content (AvgIpc) is 2.62. The van der Waals surface area contributed by atoms with E-state index in [2.05, 4.69) is 6.92 Å². The van der Waals surface area contributed by atoms with Crippen LogP contribution in [0.5, 0.6) is 0 Å². The summed E-state index contributed by atoms with van der Waals surface area (Å²) < 4.78 is 27.7. The van der Waals surface area contributed by atoms with E-state index in [4.69, 9.17) is 0 Å². The number of aldehydes is 1. The first-order valence-electron chi connectivity index (χ1n) is 10.1. The third kappa shape index (κ3) is 4.30. The van der Waals surface area contributed by atoms with Crippen LogP contribution in [0.1, 0.15) is 93.0 Å². The van der Waals surface area contributed by atoms with Crippen LogP contribution in [0.4, 0.5) is 8.78 Å². The number of carbonyl (C=O) groups is 1. The lowest BCUT2D eigenvalue weighted by atomic mass is 9.68. The van der Waals surface area contributed by atoms with Crippen molar-refractivity contribution >= 4 is 6.29 Å². The minimum absolute atomic E-state index is 0.234. The molecule has 0 heterocycles. The van der Waals surface area contributed by atoms with Gasteiger partial charge >= 0.3 is 0 Å². The lowest BCUT2D eigenvalue weighted by Gasteiger charge is -2.38. The van der Waals surface area contributed by atoms with Gasteiger partial charge in [0.15, 0.2) is 6.29 Å². The third-order valence-electron chi connectivity index (χ3n) is 6.72. The van der Waals surface area contributed by atoms with Crippen LogP contribution in [-0.4, -0.2) is 6.29 Å². The summed E-state index contributed by atoms with van der Waals surface area (Å²) in [6, 6.07) is 2.74. The first-order valence-corrected chi connectivity index (χ1v) is 10.1. The second-order valence-corrected chi connectivity index (χ2v) is 8.20. The molecule has 0 atom stereocenters. The molecule has 2 fully saturated rings. The second kappa shape index (κ2) is 8.42. The van der Waals surface area contributed by atoms with Crippen LogP contribution in [0.2, 0.25) is 0 Å². The van der Waals surface area contributed by atoms with E-state index in [0.717, 1.165) is 36.2 Å². The Hall–Kier alpha value is -1.25. The van der Waals surface area contributed by atoms with Gasteiger partial charge in [-0.2, -0.15) is 0 Å². The molecule has 3 heteroatoms. The Kier molecular flexibility index (Phi) is 6.24. The normalized spacial score (nSPS) is 30.2. The highest BCUT2D eigenvalue weighted by Gasteiger charge is 2.31. The monoisotopic (exact) mass is 348 g/mol. The summed E-state index contributed by atoms with van der Waals surface area (Å²) in [6.07, 6.45) is 12.8. The van der Waals surface area contributed by atoms with Crippen molar-refractivity contribution in [2.75, 3.05) is 0 Å². The summed E-state index contributed by atoms with van der Waals surface area (Å²) in [5.74, 6) is 1.39. The summed E-state index contributed by atoms with van der Waals surface area (Å²) in [4.78, 5) is 10.7. The summed E-state index contributed by atoms with van der Waals surface area (Å²) in [7, 11) is 0. The second-order valence-electron chi connectivity index (χ2n) is 8.20. The Morgan fingerprint density at radius 2 is 1.44 bits per heavy atom. The molecule has 2 aliphatic carbocycles. The smallest absolute Gasteiger partial charge is 0.155 e. The van der Waals surface area contributed by atoms with Crippen molar-refractivity contribution in [2.45, 2.75) is 77.0 Å². The molecule has 0 amide bonds. The lowest BCUT2D eigenvalue weighted by Crippen LogP contribution is -2.25. The molecule has 0 bridgehead atoms. The minimum Gasteiger partial charge on any atom is -0.298 e. The number of rotatable bonds is 5. The van der Waals surface area contributed by atoms with Crippen molar-refractivity contribution in [1.82, 2.24) is 0 Å². The fourth-order valence-corrected chi connectivity index (χ4v) is 5.23. The molecule has 0 N–H and O–H groups in total. The summed E-state index contributed by atoms with van der Waals surface area (Å²) in [6.45, 7) is 2.28. The highest BCUT2D eigenvalue weighted by Crippen LogP contribution is 2.44. The molecule has 3 rings (SSSR count). The molecular formula is C22H30F2O. The zero-order chi connectivity index (χ0) is 17.8. The zero-order valence-electron chi connectivity index (χ0n) is 15.3. The predicted octanol–water partition coefficient (Wildman–Crippen LogP) is 6.66. The fourth-order valence-electron chi connectivity index (χ4n) is 5.23. The van der Waals surface area contributed by atoms with Crippen LogP contribution in [-0.2, 0) is 0 Å². The molecule has 0 spiro atoms. The van der Waals surface area contributed by atoms with Crippen LogP contribution in [0.25, 0.3) is 0 Å². The fraction of sp³-hybridized carbons (Fsp3) is 0.682. The molecule has 1 aromatic carbocycles. The summed E-state index contributed by atoms with van der Waals surface area (Å²) >= 11 is 0. The molecule has 0 aromatic heterocycles. The van der Waals surface area contributed by atoms with E-state index in [0.29, 0.717) is 0 Å². The molecule has 138 valence electrons. The van der Waals surface area contributed by atoms with Gasteiger partial charge in [-0.25, -0.2) is 8.78 Å². The Morgan fingerprint density at radius 3 is 1.92 bits per heavy atom. The molecule has 1 nitrogen and oxygen atoms in total. The van der Waals surface area contributed by atoms with E-state index < -0.39 is 17.2 Å². The molecular weight excluding hydrogens is 318 g/mol. The largest absolute Gasteiger partial charge is 0.298 e. The lowest BCUT2D eigenvalue weighted by molar-refractivity contribution is 0.111. The SMILES string of the molecule is CCCC1CCC(C2CCC(c3cc(F)c(C=O)c(F)c3)CC2)CC1. The van der Waals surface area contributed by atoms with E-state index in [-0.39, 0.29) is 12.2 Å². The van der Waals surface area contributed by atoms with Crippen LogP contribution < -0.4 is 0 Å². The van der Waals surface area contributed by atoms with Crippen molar-refractivity contribution in [3.05, 3.63) is 34.9 Å². The molecule has 0 aliphatic heterocycles. The van der Waals surface area contributed by atoms with Crippen molar-refractivity contribution in [1.29, 1.82) is 0 Å². The van der Waals surface area contributed by atoms with Gasteiger partial charge in [-0.05, 0) is 79.9 Å². The molecule has 25 heavy (non-hydrogen) atoms. The predicted molar refractivity (Wildman–Crippen MR) is 96.8 cm³/mol. The van der Waals surface area contributed by atoms with Gasteiger partial charge in [0, 0.05) is 0 Å². The minimum atomic E-state index is -0.721. The first-order chi connectivity index (χ1) is 12.1. The van der Waals surface area contributed by atoms with Gasteiger partial charge in [0.1, 0.15) is 11.6 Å². The Morgan fingerprint density at radius 1 is 0.920 bits per heavy atom. The number of carbonyl (C=O) groups excluding carboxylic acids is 1. The Labute approximate surface area is 150 Å². The maximum Gasteiger partial charge on any atom is 0.155 e. The van der Waals surface area contributed by atoms with E-state index in [9.17, 15) is 13.6 Å². The van der Waals surface area contributed by atoms with Crippen LogP contribution in [0, 0.1) is 29.4 Å². The van der Waals surface area contributed by atoms with E-state index in [1.165, 1.54) is 63.5 Å². The van der Waals surface area contributed by atoms with E-state index >= 15 is 0 Å². The summed E-state index contributed by atoms with van der Waals surface area (Å²) in [5.41, 5.74) is 0.284. The van der Waals surface area contributed by atoms with Crippen LogP contribution in [0.3, 0.4) is 0 Å². The topological polar surface area (TPSA) is 17.1 Å². The average molecular weight is 348 g/mol. The molecule has 2 saturated carbocycles. The van der Waals surface area contributed by atoms with Crippen LogP contribution in [0.15, 0.2) is 12.1 Å². The molecule has 2 aliphatic rings. The van der Waals surface area contributed by atoms with Gasteiger partial charge in [-0.15, -0.1) is 0 Å². The standard InChI is InChI=1S/C22H30F2O/c1-2-3-15-4-6-16(7-5-15)17-8-10-18(11-9-17)19-12-21(23)20(14-25)22(24)13-19/h12-18H,2-11H2,1H3. The number of hydrogen-bond acceptors (Lipinski definition) is 1. The van der Waals surface area contributed by atoms with Gasteiger partial charge in [0.05, 0.1) is 5.56 Å². The maximum atomic E-state index is 13.9. The Balaban J connectivity index is 1.55. The first kappa shape index (κ1) is 18.5.